The Morgan fingerprint density at radius 2 is 1.56 bits per heavy atom. The minimum Gasteiger partial charge on any atom is -0.370 e. The van der Waals surface area contributed by atoms with Gasteiger partial charge < -0.3 is 4.90 Å². The van der Waals surface area contributed by atoms with E-state index >= 15 is 0 Å². The quantitative estimate of drug-likeness (QED) is 0.590. The average Bonchev–Trinajstić information content (AvgIpc) is 2.24. The van der Waals surface area contributed by atoms with Crippen LogP contribution in [0.3, 0.4) is 0 Å². The van der Waals surface area contributed by atoms with Gasteiger partial charge in [-0.2, -0.15) is 22.5 Å². The van der Waals surface area contributed by atoms with Crippen molar-refractivity contribution in [2.75, 3.05) is 18.5 Å². The lowest BCUT2D eigenvalue weighted by molar-refractivity contribution is 0.407. The smallest absolute Gasteiger partial charge is 0.253 e. The van der Waals surface area contributed by atoms with Gasteiger partial charge in [0.15, 0.2) is 0 Å². The van der Waals surface area contributed by atoms with Crippen molar-refractivity contribution in [1.82, 2.24) is 4.98 Å². The molecular weight excluding hydrogens is 224 g/mol. The Morgan fingerprint density at radius 3 is 2.00 bits per heavy atom. The van der Waals surface area contributed by atoms with Gasteiger partial charge in [0, 0.05) is 13.6 Å². The van der Waals surface area contributed by atoms with E-state index in [1.807, 2.05) is 6.92 Å². The topological polar surface area (TPSA) is 16.1 Å². The summed E-state index contributed by atoms with van der Waals surface area (Å²) >= 11 is 0. The Labute approximate surface area is 90.9 Å². The van der Waals surface area contributed by atoms with Crippen LogP contribution in [-0.4, -0.2) is 18.6 Å². The number of rotatable bonds is 4. The molecule has 0 aliphatic rings. The van der Waals surface area contributed by atoms with Crippen LogP contribution in [0.4, 0.5) is 23.2 Å². The highest BCUT2D eigenvalue weighted by Crippen LogP contribution is 2.25. The van der Waals surface area contributed by atoms with Crippen LogP contribution in [0, 0.1) is 23.5 Å². The molecule has 0 aliphatic heterocycles. The monoisotopic (exact) mass is 236 g/mol. The molecule has 16 heavy (non-hydrogen) atoms. The zero-order valence-electron chi connectivity index (χ0n) is 9.03. The molecule has 0 fully saturated rings. The molecule has 2 nitrogen and oxygen atoms in total. The number of pyridine rings is 1. The Bertz CT molecular complexity index is 355. The second-order valence-corrected chi connectivity index (χ2v) is 3.45. The molecule has 0 N–H and O–H groups in total. The molecule has 1 aromatic rings. The molecule has 0 spiro atoms. The van der Waals surface area contributed by atoms with E-state index in [0.29, 0.717) is 13.0 Å². The summed E-state index contributed by atoms with van der Waals surface area (Å²) in [6.07, 6.45) is 1.48. The molecule has 0 atom stereocenters. The molecule has 0 bridgehead atoms. The summed E-state index contributed by atoms with van der Waals surface area (Å²) in [5.74, 6) is -6.18. The van der Waals surface area contributed by atoms with Crippen molar-refractivity contribution in [1.29, 1.82) is 0 Å². The van der Waals surface area contributed by atoms with Crippen molar-refractivity contribution >= 4 is 5.69 Å². The minimum atomic E-state index is -1.63. The summed E-state index contributed by atoms with van der Waals surface area (Å²) in [7, 11) is 1.37. The van der Waals surface area contributed by atoms with E-state index < -0.39 is 29.2 Å². The summed E-state index contributed by atoms with van der Waals surface area (Å²) in [6.45, 7) is 2.21. The molecule has 1 aromatic heterocycles. The molecule has 90 valence electrons. The fraction of sp³-hybridized carbons (Fsp3) is 0.500. The predicted octanol–water partition coefficient (Wildman–Crippen LogP) is 2.87. The molecule has 0 aliphatic carbocycles. The SMILES string of the molecule is CCCCN(C)c1c(F)c(F)nc(F)c1F. The highest BCUT2D eigenvalue weighted by molar-refractivity contribution is 5.47. The number of hydrogen-bond donors (Lipinski definition) is 0. The molecule has 1 heterocycles. The van der Waals surface area contributed by atoms with Crippen molar-refractivity contribution in [2.45, 2.75) is 19.8 Å². The standard InChI is InChI=1S/C10H12F4N2/c1-3-4-5-16(2)8-6(11)9(13)15-10(14)7(8)12/h3-5H2,1-2H3. The fourth-order valence-electron chi connectivity index (χ4n) is 1.32. The first-order chi connectivity index (χ1) is 7.49. The maximum atomic E-state index is 13.2. The van der Waals surface area contributed by atoms with E-state index in [0.717, 1.165) is 11.3 Å². The van der Waals surface area contributed by atoms with Crippen LogP contribution in [0.5, 0.6) is 0 Å². The highest BCUT2D eigenvalue weighted by Gasteiger charge is 2.23. The zero-order valence-corrected chi connectivity index (χ0v) is 9.03. The van der Waals surface area contributed by atoms with Crippen LogP contribution in [0.2, 0.25) is 0 Å². The van der Waals surface area contributed by atoms with E-state index in [2.05, 4.69) is 4.98 Å². The minimum absolute atomic E-state index is 0.313. The van der Waals surface area contributed by atoms with Crippen molar-refractivity contribution in [3.8, 4) is 0 Å². The third-order valence-electron chi connectivity index (χ3n) is 2.20. The molecule has 0 radical (unpaired) electrons. The maximum Gasteiger partial charge on any atom is 0.253 e. The molecule has 0 amide bonds. The predicted molar refractivity (Wildman–Crippen MR) is 52.2 cm³/mol. The number of nitrogens with zero attached hydrogens (tertiary/aromatic N) is 2. The van der Waals surface area contributed by atoms with E-state index in [9.17, 15) is 17.6 Å². The number of halogens is 4. The lowest BCUT2D eigenvalue weighted by atomic mass is 10.3. The first-order valence-corrected chi connectivity index (χ1v) is 4.90. The normalized spacial score (nSPS) is 10.6. The van der Waals surface area contributed by atoms with Crippen molar-refractivity contribution in [3.63, 3.8) is 0 Å². The van der Waals surface area contributed by atoms with Gasteiger partial charge in [-0.15, -0.1) is 0 Å². The Kier molecular flexibility index (Phi) is 4.09. The van der Waals surface area contributed by atoms with Crippen molar-refractivity contribution in [2.24, 2.45) is 0 Å². The van der Waals surface area contributed by atoms with Crippen LogP contribution in [0.1, 0.15) is 19.8 Å². The third kappa shape index (κ3) is 2.43. The number of hydrogen-bond acceptors (Lipinski definition) is 2. The molecule has 0 saturated heterocycles. The van der Waals surface area contributed by atoms with Gasteiger partial charge >= 0.3 is 0 Å². The number of unbranched alkanes of at least 4 members (excludes halogenated alkanes) is 1. The van der Waals surface area contributed by atoms with Crippen molar-refractivity contribution < 1.29 is 17.6 Å². The highest BCUT2D eigenvalue weighted by atomic mass is 19.2. The molecule has 0 unspecified atom stereocenters. The van der Waals surface area contributed by atoms with E-state index in [1.165, 1.54) is 7.05 Å². The van der Waals surface area contributed by atoms with Gasteiger partial charge in [-0.1, -0.05) is 13.3 Å². The first kappa shape index (κ1) is 12.7. The first-order valence-electron chi connectivity index (χ1n) is 4.90. The van der Waals surface area contributed by atoms with Gasteiger partial charge in [0.1, 0.15) is 5.69 Å². The Morgan fingerprint density at radius 1 is 1.06 bits per heavy atom. The molecular formula is C10H12F4N2. The Hall–Kier alpha value is -1.33. The summed E-state index contributed by atoms with van der Waals surface area (Å²) in [6, 6.07) is 0. The van der Waals surface area contributed by atoms with Gasteiger partial charge in [0.25, 0.3) is 11.9 Å². The lowest BCUT2D eigenvalue weighted by Crippen LogP contribution is -2.22. The van der Waals surface area contributed by atoms with Gasteiger partial charge in [-0.05, 0) is 6.42 Å². The van der Waals surface area contributed by atoms with E-state index in [-0.39, 0.29) is 0 Å². The largest absolute Gasteiger partial charge is 0.370 e. The van der Waals surface area contributed by atoms with E-state index in [1.54, 1.807) is 0 Å². The second kappa shape index (κ2) is 5.14. The second-order valence-electron chi connectivity index (χ2n) is 3.45. The number of anilines is 1. The number of aromatic nitrogens is 1. The van der Waals surface area contributed by atoms with Crippen LogP contribution in [0.15, 0.2) is 0 Å². The molecule has 0 aromatic carbocycles. The molecule has 6 heteroatoms. The van der Waals surface area contributed by atoms with Gasteiger partial charge in [0.2, 0.25) is 11.6 Å². The van der Waals surface area contributed by atoms with Gasteiger partial charge in [-0.3, -0.25) is 0 Å². The summed E-state index contributed by atoms with van der Waals surface area (Å²) in [5.41, 5.74) is -0.710. The van der Waals surface area contributed by atoms with Crippen LogP contribution >= 0.6 is 0 Å². The van der Waals surface area contributed by atoms with Crippen LogP contribution in [-0.2, 0) is 0 Å². The van der Waals surface area contributed by atoms with Crippen LogP contribution < -0.4 is 4.90 Å². The molecule has 1 rings (SSSR count). The van der Waals surface area contributed by atoms with Gasteiger partial charge in [0.05, 0.1) is 0 Å². The molecule has 0 saturated carbocycles. The third-order valence-corrected chi connectivity index (χ3v) is 2.20. The van der Waals surface area contributed by atoms with E-state index in [4.69, 9.17) is 0 Å². The van der Waals surface area contributed by atoms with Gasteiger partial charge in [-0.25, -0.2) is 0 Å². The summed E-state index contributed by atoms with van der Waals surface area (Å²) in [4.78, 5) is 3.63. The summed E-state index contributed by atoms with van der Waals surface area (Å²) in [5, 5.41) is 0. The zero-order chi connectivity index (χ0) is 12.3. The summed E-state index contributed by atoms with van der Waals surface area (Å²) < 4.78 is 52.0. The van der Waals surface area contributed by atoms with Crippen LogP contribution in [0.25, 0.3) is 0 Å². The fourth-order valence-corrected chi connectivity index (χ4v) is 1.32. The lowest BCUT2D eigenvalue weighted by Gasteiger charge is -2.20. The van der Waals surface area contributed by atoms with Crippen molar-refractivity contribution in [3.05, 3.63) is 23.5 Å². The maximum absolute atomic E-state index is 13.2. The average molecular weight is 236 g/mol. The Balaban J connectivity index is 3.11.